The lowest BCUT2D eigenvalue weighted by Gasteiger charge is -2.21. The number of ether oxygens (including phenoxy) is 2. The molecule has 0 aliphatic heterocycles. The number of hydrogen-bond acceptors (Lipinski definition) is 4. The minimum atomic E-state index is -0.469. The van der Waals surface area contributed by atoms with Crippen molar-refractivity contribution < 1.29 is 19.1 Å². The smallest absolute Gasteiger partial charge is 0.410 e. The Morgan fingerprint density at radius 1 is 0.840 bits per heavy atom. The Balaban J connectivity index is 1.48. The molecule has 2 aromatic rings. The van der Waals surface area contributed by atoms with Gasteiger partial charge in [0.15, 0.2) is 0 Å². The molecule has 1 aliphatic rings. The van der Waals surface area contributed by atoms with Crippen LogP contribution in [0.3, 0.4) is 0 Å². The van der Waals surface area contributed by atoms with Gasteiger partial charge in [-0.2, -0.15) is 0 Å². The second-order valence-corrected chi connectivity index (χ2v) is 6.05. The van der Waals surface area contributed by atoms with E-state index < -0.39 is 12.1 Å². The molecule has 1 aliphatic carbocycles. The normalized spacial score (nSPS) is 13.1. The predicted octanol–water partition coefficient (Wildman–Crippen LogP) is 3.53. The highest BCUT2D eigenvalue weighted by atomic mass is 16.6. The first-order valence-electron chi connectivity index (χ1n) is 8.39. The lowest BCUT2D eigenvalue weighted by molar-refractivity contribution is -0.146. The maximum Gasteiger partial charge on any atom is 0.410 e. The third-order valence-electron chi connectivity index (χ3n) is 3.97. The van der Waals surface area contributed by atoms with Crippen molar-refractivity contribution in [3.63, 3.8) is 0 Å². The van der Waals surface area contributed by atoms with E-state index in [0.717, 1.165) is 24.0 Å². The van der Waals surface area contributed by atoms with Gasteiger partial charge >= 0.3 is 12.1 Å². The summed E-state index contributed by atoms with van der Waals surface area (Å²) in [5, 5.41) is 0. The van der Waals surface area contributed by atoms with Crippen LogP contribution in [-0.2, 0) is 27.5 Å². The number of carbonyl (C=O) groups is 2. The summed E-state index contributed by atoms with van der Waals surface area (Å²) in [7, 11) is 0. The van der Waals surface area contributed by atoms with Gasteiger partial charge in [-0.15, -0.1) is 0 Å². The van der Waals surface area contributed by atoms with Gasteiger partial charge in [0, 0.05) is 6.04 Å². The highest BCUT2D eigenvalue weighted by molar-refractivity contribution is 5.78. The summed E-state index contributed by atoms with van der Waals surface area (Å²) in [4.78, 5) is 25.8. The number of carbonyl (C=O) groups excluding carboxylic acids is 2. The minimum absolute atomic E-state index is 0.0764. The molecule has 1 fully saturated rings. The van der Waals surface area contributed by atoms with E-state index in [-0.39, 0.29) is 25.8 Å². The SMILES string of the molecule is O=C(CN(C(=O)OCc1ccccc1)C1CC1)OCc1ccccc1. The van der Waals surface area contributed by atoms with Crippen molar-refractivity contribution in [1.82, 2.24) is 4.90 Å². The Bertz CT molecular complexity index is 698. The first kappa shape index (κ1) is 17.0. The van der Waals surface area contributed by atoms with E-state index in [4.69, 9.17) is 9.47 Å². The van der Waals surface area contributed by atoms with Gasteiger partial charge in [0.1, 0.15) is 19.8 Å². The molecular formula is C20H21NO4. The molecule has 0 spiro atoms. The zero-order valence-electron chi connectivity index (χ0n) is 14.0. The Morgan fingerprint density at radius 2 is 1.36 bits per heavy atom. The van der Waals surface area contributed by atoms with Crippen molar-refractivity contribution in [2.45, 2.75) is 32.1 Å². The number of rotatable bonds is 7. The second-order valence-electron chi connectivity index (χ2n) is 6.05. The monoisotopic (exact) mass is 339 g/mol. The summed E-state index contributed by atoms with van der Waals surface area (Å²) >= 11 is 0. The average Bonchev–Trinajstić information content (AvgIpc) is 3.49. The summed E-state index contributed by atoms with van der Waals surface area (Å²) in [6.07, 6.45) is 1.32. The fourth-order valence-corrected chi connectivity index (χ4v) is 2.45. The van der Waals surface area contributed by atoms with E-state index in [1.807, 2.05) is 60.7 Å². The topological polar surface area (TPSA) is 55.8 Å². The first-order chi connectivity index (χ1) is 12.2. The molecule has 0 atom stereocenters. The highest BCUT2D eigenvalue weighted by Gasteiger charge is 2.35. The molecule has 1 amide bonds. The third kappa shape index (κ3) is 5.35. The molecule has 0 saturated heterocycles. The van der Waals surface area contributed by atoms with E-state index >= 15 is 0 Å². The van der Waals surface area contributed by atoms with Crippen LogP contribution >= 0.6 is 0 Å². The van der Waals surface area contributed by atoms with Crippen LogP contribution in [0.4, 0.5) is 4.79 Å². The molecule has 130 valence electrons. The molecule has 0 heterocycles. The van der Waals surface area contributed by atoms with Crippen LogP contribution in [0.2, 0.25) is 0 Å². The van der Waals surface area contributed by atoms with Crippen LogP contribution in [0.25, 0.3) is 0 Å². The third-order valence-corrected chi connectivity index (χ3v) is 3.97. The number of hydrogen-bond donors (Lipinski definition) is 0. The molecule has 2 aromatic carbocycles. The van der Waals surface area contributed by atoms with Gasteiger partial charge < -0.3 is 9.47 Å². The lowest BCUT2D eigenvalue weighted by atomic mass is 10.2. The van der Waals surface area contributed by atoms with Gasteiger partial charge in [-0.1, -0.05) is 60.7 Å². The van der Waals surface area contributed by atoms with Crippen LogP contribution < -0.4 is 0 Å². The van der Waals surface area contributed by atoms with Crippen molar-refractivity contribution in [2.75, 3.05) is 6.54 Å². The van der Waals surface area contributed by atoms with E-state index in [0.29, 0.717) is 0 Å². The second kappa shape index (κ2) is 8.33. The summed E-state index contributed by atoms with van der Waals surface area (Å²) in [6.45, 7) is 0.324. The van der Waals surface area contributed by atoms with Crippen LogP contribution in [0.15, 0.2) is 60.7 Å². The Hall–Kier alpha value is -2.82. The molecule has 0 N–H and O–H groups in total. The minimum Gasteiger partial charge on any atom is -0.459 e. The van der Waals surface area contributed by atoms with Gasteiger partial charge in [-0.05, 0) is 24.0 Å². The van der Waals surface area contributed by atoms with Crippen molar-refractivity contribution in [3.05, 3.63) is 71.8 Å². The summed E-state index contributed by atoms with van der Waals surface area (Å²) in [6, 6.07) is 19.0. The molecule has 5 nitrogen and oxygen atoms in total. The largest absolute Gasteiger partial charge is 0.459 e. The van der Waals surface area contributed by atoms with Crippen LogP contribution in [-0.4, -0.2) is 29.5 Å². The van der Waals surface area contributed by atoms with Crippen molar-refractivity contribution in [3.8, 4) is 0 Å². The highest BCUT2D eigenvalue weighted by Crippen LogP contribution is 2.27. The zero-order valence-corrected chi connectivity index (χ0v) is 14.0. The van der Waals surface area contributed by atoms with Crippen LogP contribution in [0.1, 0.15) is 24.0 Å². The maximum atomic E-state index is 12.3. The van der Waals surface area contributed by atoms with E-state index in [2.05, 4.69) is 0 Å². The Kier molecular flexibility index (Phi) is 5.67. The lowest BCUT2D eigenvalue weighted by Crippen LogP contribution is -2.38. The van der Waals surface area contributed by atoms with Gasteiger partial charge in [0.25, 0.3) is 0 Å². The summed E-state index contributed by atoms with van der Waals surface area (Å²) < 4.78 is 10.6. The Morgan fingerprint density at radius 3 is 1.88 bits per heavy atom. The van der Waals surface area contributed by atoms with Gasteiger partial charge in [0.05, 0.1) is 0 Å². The van der Waals surface area contributed by atoms with Gasteiger partial charge in [-0.25, -0.2) is 4.79 Å². The van der Waals surface area contributed by atoms with Gasteiger partial charge in [0.2, 0.25) is 0 Å². The average molecular weight is 339 g/mol. The van der Waals surface area contributed by atoms with E-state index in [1.54, 1.807) is 0 Å². The molecule has 0 bridgehead atoms. The molecule has 0 radical (unpaired) electrons. The summed E-state index contributed by atoms with van der Waals surface area (Å²) in [5.74, 6) is -0.424. The standard InChI is InChI=1S/C20H21NO4/c22-19(24-14-16-7-3-1-4-8-16)13-21(18-11-12-18)20(23)25-15-17-9-5-2-6-10-17/h1-10,18H,11-15H2. The fraction of sp³-hybridized carbons (Fsp3) is 0.300. The molecule has 0 aromatic heterocycles. The molecule has 0 unspecified atom stereocenters. The van der Waals surface area contributed by atoms with Crippen molar-refractivity contribution in [1.29, 1.82) is 0 Å². The zero-order chi connectivity index (χ0) is 17.5. The number of amides is 1. The van der Waals surface area contributed by atoms with Crippen molar-refractivity contribution in [2.24, 2.45) is 0 Å². The maximum absolute atomic E-state index is 12.3. The molecule has 3 rings (SSSR count). The fourth-order valence-electron chi connectivity index (χ4n) is 2.45. The molecular weight excluding hydrogens is 318 g/mol. The predicted molar refractivity (Wildman–Crippen MR) is 92.6 cm³/mol. The molecule has 5 heteroatoms. The van der Waals surface area contributed by atoms with Crippen molar-refractivity contribution >= 4 is 12.1 Å². The number of nitrogens with zero attached hydrogens (tertiary/aromatic N) is 1. The van der Waals surface area contributed by atoms with E-state index in [9.17, 15) is 9.59 Å². The first-order valence-corrected chi connectivity index (χ1v) is 8.39. The molecule has 25 heavy (non-hydrogen) atoms. The van der Waals surface area contributed by atoms with E-state index in [1.165, 1.54) is 4.90 Å². The van der Waals surface area contributed by atoms with Crippen LogP contribution in [0, 0.1) is 0 Å². The molecule has 1 saturated carbocycles. The summed E-state index contributed by atoms with van der Waals surface area (Å²) in [5.41, 5.74) is 1.83. The van der Waals surface area contributed by atoms with Crippen LogP contribution in [0.5, 0.6) is 0 Å². The van der Waals surface area contributed by atoms with Gasteiger partial charge in [-0.3, -0.25) is 9.69 Å². The number of benzene rings is 2. The number of esters is 1. The Labute approximate surface area is 147 Å². The quantitative estimate of drug-likeness (QED) is 0.724.